The van der Waals surface area contributed by atoms with E-state index in [4.69, 9.17) is 9.15 Å². The lowest BCUT2D eigenvalue weighted by molar-refractivity contribution is -0.131. The van der Waals surface area contributed by atoms with Crippen LogP contribution in [0.15, 0.2) is 57.7 Å². The first kappa shape index (κ1) is 20.7. The third kappa shape index (κ3) is 3.56. The summed E-state index contributed by atoms with van der Waals surface area (Å²) in [5.41, 5.74) is 0.983. The lowest BCUT2D eigenvalue weighted by Gasteiger charge is -2.23. The van der Waals surface area contributed by atoms with Crippen LogP contribution in [0.1, 0.15) is 43.4 Å². The monoisotopic (exact) mass is 420 g/mol. The minimum atomic E-state index is -1.18. The fourth-order valence-corrected chi connectivity index (χ4v) is 3.88. The standard InChI is InChI=1S/C24H24N2O5/c1-14(2)15-5-7-17(8-6-15)24(3)22(28)26(23(29)25-24)13-16-11-21(27)31-20-12-18(30-4)9-10-19(16)20/h5-12,14H,13H2,1-4H3,(H,25,29)/t24-/m1/s1. The molecule has 2 aromatic carbocycles. The summed E-state index contributed by atoms with van der Waals surface area (Å²) in [6.45, 7) is 5.84. The molecule has 31 heavy (non-hydrogen) atoms. The van der Waals surface area contributed by atoms with Gasteiger partial charge in [0.25, 0.3) is 5.91 Å². The van der Waals surface area contributed by atoms with E-state index in [-0.39, 0.29) is 12.5 Å². The number of fused-ring (bicyclic) bond motifs is 1. The number of hydrogen-bond donors (Lipinski definition) is 1. The smallest absolute Gasteiger partial charge is 0.336 e. The van der Waals surface area contributed by atoms with Crippen molar-refractivity contribution in [1.29, 1.82) is 0 Å². The van der Waals surface area contributed by atoms with Gasteiger partial charge < -0.3 is 14.5 Å². The Hall–Kier alpha value is -3.61. The number of nitrogens with zero attached hydrogens (tertiary/aromatic N) is 1. The van der Waals surface area contributed by atoms with Crippen molar-refractivity contribution in [2.45, 2.75) is 38.8 Å². The summed E-state index contributed by atoms with van der Waals surface area (Å²) in [5.74, 6) is 0.536. The van der Waals surface area contributed by atoms with Gasteiger partial charge in [-0.05, 0) is 41.7 Å². The molecule has 0 radical (unpaired) electrons. The second-order valence-electron chi connectivity index (χ2n) is 8.18. The van der Waals surface area contributed by atoms with Crippen LogP contribution in [-0.4, -0.2) is 23.9 Å². The van der Waals surface area contributed by atoms with E-state index in [2.05, 4.69) is 19.2 Å². The molecule has 0 saturated carbocycles. The van der Waals surface area contributed by atoms with Crippen LogP contribution >= 0.6 is 0 Å². The Labute approximate surface area is 179 Å². The lowest BCUT2D eigenvalue weighted by atomic mass is 9.90. The number of nitrogens with one attached hydrogen (secondary N) is 1. The number of methoxy groups -OCH3 is 1. The van der Waals surface area contributed by atoms with Crippen LogP contribution in [0, 0.1) is 0 Å². The van der Waals surface area contributed by atoms with Crippen molar-refractivity contribution in [3.63, 3.8) is 0 Å². The maximum absolute atomic E-state index is 13.3. The molecule has 3 amide bonds. The maximum Gasteiger partial charge on any atom is 0.336 e. The van der Waals surface area contributed by atoms with Crippen molar-refractivity contribution in [3.8, 4) is 5.75 Å². The zero-order valence-electron chi connectivity index (χ0n) is 17.9. The summed E-state index contributed by atoms with van der Waals surface area (Å²) in [7, 11) is 1.52. The van der Waals surface area contributed by atoms with E-state index in [1.165, 1.54) is 13.2 Å². The molecule has 1 aliphatic heterocycles. The molecule has 160 valence electrons. The van der Waals surface area contributed by atoms with Crippen LogP contribution in [-0.2, 0) is 16.9 Å². The molecular formula is C24H24N2O5. The Morgan fingerprint density at radius 2 is 1.77 bits per heavy atom. The number of hydrogen-bond acceptors (Lipinski definition) is 5. The van der Waals surface area contributed by atoms with E-state index < -0.39 is 17.2 Å². The van der Waals surface area contributed by atoms with Gasteiger partial charge in [-0.15, -0.1) is 0 Å². The molecule has 3 aromatic rings. The Morgan fingerprint density at radius 1 is 1.06 bits per heavy atom. The first-order valence-electron chi connectivity index (χ1n) is 10.1. The molecule has 7 nitrogen and oxygen atoms in total. The summed E-state index contributed by atoms with van der Waals surface area (Å²) in [5, 5.41) is 3.45. The quantitative estimate of drug-likeness (QED) is 0.500. The first-order valence-corrected chi connectivity index (χ1v) is 10.1. The molecule has 0 bridgehead atoms. The molecule has 1 aromatic heterocycles. The van der Waals surface area contributed by atoms with Gasteiger partial charge in [-0.25, -0.2) is 9.59 Å². The number of carbonyl (C=O) groups excluding carboxylic acids is 2. The number of carbonyl (C=O) groups is 2. The average molecular weight is 420 g/mol. The third-order valence-corrected chi connectivity index (χ3v) is 5.80. The van der Waals surface area contributed by atoms with Crippen LogP contribution in [0.5, 0.6) is 5.75 Å². The summed E-state index contributed by atoms with van der Waals surface area (Å²) in [6, 6.07) is 13.6. The minimum absolute atomic E-state index is 0.0429. The Balaban J connectivity index is 1.68. The van der Waals surface area contributed by atoms with E-state index in [0.717, 1.165) is 10.5 Å². The summed E-state index contributed by atoms with van der Waals surface area (Å²) in [6.07, 6.45) is 0. The van der Waals surface area contributed by atoms with Crippen LogP contribution in [0.25, 0.3) is 11.0 Å². The first-order chi connectivity index (χ1) is 14.7. The maximum atomic E-state index is 13.3. The van der Waals surface area contributed by atoms with Crippen LogP contribution in [0.2, 0.25) is 0 Å². The van der Waals surface area contributed by atoms with Gasteiger partial charge >= 0.3 is 11.7 Å². The predicted octanol–water partition coefficient (Wildman–Crippen LogP) is 3.89. The normalized spacial score (nSPS) is 18.7. The van der Waals surface area contributed by atoms with Gasteiger partial charge in [0, 0.05) is 17.5 Å². The number of rotatable bonds is 5. The molecule has 0 spiro atoms. The highest BCUT2D eigenvalue weighted by Gasteiger charge is 2.49. The van der Waals surface area contributed by atoms with Gasteiger partial charge in [0.15, 0.2) is 0 Å². The van der Waals surface area contributed by atoms with Crippen molar-refractivity contribution < 1.29 is 18.7 Å². The average Bonchev–Trinajstić information content (AvgIpc) is 2.97. The van der Waals surface area contributed by atoms with Gasteiger partial charge in [0.2, 0.25) is 0 Å². The second kappa shape index (κ2) is 7.58. The van der Waals surface area contributed by atoms with Crippen molar-refractivity contribution in [1.82, 2.24) is 10.2 Å². The molecule has 0 aliphatic carbocycles. The topological polar surface area (TPSA) is 88.9 Å². The van der Waals surface area contributed by atoms with E-state index in [1.807, 2.05) is 24.3 Å². The number of amides is 3. The van der Waals surface area contributed by atoms with E-state index in [9.17, 15) is 14.4 Å². The van der Waals surface area contributed by atoms with Crippen LogP contribution < -0.4 is 15.7 Å². The fraction of sp³-hybridized carbons (Fsp3) is 0.292. The SMILES string of the molecule is COc1ccc2c(CN3C(=O)N[C@](C)(c4ccc(C(C)C)cc4)C3=O)cc(=O)oc2c1. The molecule has 1 fully saturated rings. The highest BCUT2D eigenvalue weighted by molar-refractivity contribution is 6.07. The highest BCUT2D eigenvalue weighted by atomic mass is 16.5. The van der Waals surface area contributed by atoms with Crippen molar-refractivity contribution in [3.05, 3.63) is 75.6 Å². The molecular weight excluding hydrogens is 396 g/mol. The van der Waals surface area contributed by atoms with Crippen molar-refractivity contribution >= 4 is 22.9 Å². The second-order valence-corrected chi connectivity index (χ2v) is 8.18. The predicted molar refractivity (Wildman–Crippen MR) is 116 cm³/mol. The van der Waals surface area contributed by atoms with E-state index in [1.54, 1.807) is 25.1 Å². The summed E-state index contributed by atoms with van der Waals surface area (Å²) < 4.78 is 10.4. The third-order valence-electron chi connectivity index (χ3n) is 5.80. The van der Waals surface area contributed by atoms with Gasteiger partial charge in [-0.3, -0.25) is 9.69 Å². The molecule has 4 rings (SSSR count). The van der Waals surface area contributed by atoms with Crippen molar-refractivity contribution in [2.75, 3.05) is 7.11 Å². The van der Waals surface area contributed by atoms with Gasteiger partial charge in [0.05, 0.1) is 13.7 Å². The molecule has 0 unspecified atom stereocenters. The lowest BCUT2D eigenvalue weighted by Crippen LogP contribution is -2.40. The fourth-order valence-electron chi connectivity index (χ4n) is 3.88. The number of imide groups is 1. The summed E-state index contributed by atoms with van der Waals surface area (Å²) in [4.78, 5) is 39.2. The van der Waals surface area contributed by atoms with E-state index in [0.29, 0.717) is 33.8 Å². The van der Waals surface area contributed by atoms with Crippen LogP contribution in [0.3, 0.4) is 0 Å². The van der Waals surface area contributed by atoms with Gasteiger partial charge in [-0.1, -0.05) is 38.1 Å². The number of urea groups is 1. The number of ether oxygens (including phenoxy) is 1. The highest BCUT2D eigenvalue weighted by Crippen LogP contribution is 2.32. The molecule has 1 saturated heterocycles. The van der Waals surface area contributed by atoms with Gasteiger partial charge in [0.1, 0.15) is 16.9 Å². The van der Waals surface area contributed by atoms with Crippen molar-refractivity contribution in [2.24, 2.45) is 0 Å². The molecule has 1 aliphatic rings. The molecule has 1 atom stereocenters. The van der Waals surface area contributed by atoms with E-state index >= 15 is 0 Å². The zero-order valence-corrected chi connectivity index (χ0v) is 17.9. The Morgan fingerprint density at radius 3 is 2.42 bits per heavy atom. The Bertz CT molecular complexity index is 1230. The zero-order chi connectivity index (χ0) is 22.3. The minimum Gasteiger partial charge on any atom is -0.497 e. The Kier molecular flexibility index (Phi) is 5.05. The van der Waals surface area contributed by atoms with Gasteiger partial charge in [-0.2, -0.15) is 0 Å². The number of benzene rings is 2. The largest absolute Gasteiger partial charge is 0.497 e. The van der Waals surface area contributed by atoms with Crippen LogP contribution in [0.4, 0.5) is 4.79 Å². The molecule has 7 heteroatoms. The molecule has 1 N–H and O–H groups in total. The molecule has 2 heterocycles. The summed E-state index contributed by atoms with van der Waals surface area (Å²) >= 11 is 0.